The van der Waals surface area contributed by atoms with Crippen LogP contribution >= 0.6 is 12.4 Å². The first-order chi connectivity index (χ1) is 11.7. The van der Waals surface area contributed by atoms with Gasteiger partial charge in [-0.15, -0.1) is 12.4 Å². The van der Waals surface area contributed by atoms with Crippen LogP contribution in [0.25, 0.3) is 5.69 Å². The summed E-state index contributed by atoms with van der Waals surface area (Å²) in [5, 5.41) is 11.2. The van der Waals surface area contributed by atoms with E-state index in [1.807, 2.05) is 16.8 Å². The molecule has 0 saturated carbocycles. The molecular formula is C19H25ClN4O. The Labute approximate surface area is 154 Å². The summed E-state index contributed by atoms with van der Waals surface area (Å²) in [6, 6.07) is 8.50. The molecule has 2 aliphatic rings. The number of nitrogens with one attached hydrogen (secondary N) is 2. The largest absolute Gasteiger partial charge is 0.348 e. The maximum absolute atomic E-state index is 12.8. The minimum Gasteiger partial charge on any atom is -0.348 e. The van der Waals surface area contributed by atoms with E-state index < -0.39 is 0 Å². The fourth-order valence-electron chi connectivity index (χ4n) is 3.84. The lowest BCUT2D eigenvalue weighted by molar-refractivity contribution is 0.0923. The van der Waals surface area contributed by atoms with Crippen LogP contribution in [0.15, 0.2) is 24.3 Å². The van der Waals surface area contributed by atoms with Gasteiger partial charge in [0.05, 0.1) is 5.69 Å². The van der Waals surface area contributed by atoms with E-state index >= 15 is 0 Å². The molecule has 5 nitrogen and oxygen atoms in total. The number of hydrogen-bond acceptors (Lipinski definition) is 3. The standard InChI is InChI=1S/C19H24N4O.ClH/c1-13-5-2-3-7-16(13)23-17-8-4-6-15(17)18(22-23)19(24)21-14-9-11-20-12-10-14;/h2-3,5,7,14,20H,4,6,8-12H2,1H3,(H,21,24);1H. The number of carbonyl (C=O) groups excluding carboxylic acids is 1. The van der Waals surface area contributed by atoms with Crippen molar-refractivity contribution in [3.05, 3.63) is 46.8 Å². The van der Waals surface area contributed by atoms with Crippen molar-refractivity contribution < 1.29 is 4.79 Å². The number of aromatic nitrogens is 2. The number of amides is 1. The van der Waals surface area contributed by atoms with Crippen LogP contribution in [-0.4, -0.2) is 34.8 Å². The zero-order valence-electron chi connectivity index (χ0n) is 14.5. The number of hydrogen-bond donors (Lipinski definition) is 2. The molecule has 1 amide bonds. The summed E-state index contributed by atoms with van der Waals surface area (Å²) in [6.07, 6.45) is 5.04. The second-order valence-corrected chi connectivity index (χ2v) is 6.82. The van der Waals surface area contributed by atoms with Crippen LogP contribution in [0.5, 0.6) is 0 Å². The van der Waals surface area contributed by atoms with Crippen molar-refractivity contribution in [2.45, 2.75) is 45.1 Å². The summed E-state index contributed by atoms with van der Waals surface area (Å²) in [4.78, 5) is 12.8. The Morgan fingerprint density at radius 3 is 2.76 bits per heavy atom. The molecule has 134 valence electrons. The number of piperidine rings is 1. The number of rotatable bonds is 3. The average Bonchev–Trinajstić information content (AvgIpc) is 3.19. The van der Waals surface area contributed by atoms with Crippen LogP contribution in [0.1, 0.15) is 46.6 Å². The molecule has 2 heterocycles. The lowest BCUT2D eigenvalue weighted by atomic mass is 10.1. The number of benzene rings is 1. The van der Waals surface area contributed by atoms with E-state index in [0.717, 1.165) is 56.4 Å². The van der Waals surface area contributed by atoms with Gasteiger partial charge in [-0.25, -0.2) is 4.68 Å². The summed E-state index contributed by atoms with van der Waals surface area (Å²) >= 11 is 0. The Kier molecular flexibility index (Phi) is 5.45. The molecule has 1 fully saturated rings. The first kappa shape index (κ1) is 18.0. The van der Waals surface area contributed by atoms with E-state index in [-0.39, 0.29) is 24.4 Å². The third kappa shape index (κ3) is 3.44. The van der Waals surface area contributed by atoms with E-state index in [4.69, 9.17) is 5.10 Å². The molecule has 1 aliphatic carbocycles. The quantitative estimate of drug-likeness (QED) is 0.884. The second-order valence-electron chi connectivity index (χ2n) is 6.82. The van der Waals surface area contributed by atoms with Gasteiger partial charge in [0.15, 0.2) is 5.69 Å². The van der Waals surface area contributed by atoms with Gasteiger partial charge in [0, 0.05) is 17.3 Å². The van der Waals surface area contributed by atoms with Crippen LogP contribution in [0.4, 0.5) is 0 Å². The molecule has 2 N–H and O–H groups in total. The predicted molar refractivity (Wildman–Crippen MR) is 101 cm³/mol. The molecule has 0 atom stereocenters. The van der Waals surface area contributed by atoms with Gasteiger partial charge >= 0.3 is 0 Å². The van der Waals surface area contributed by atoms with Crippen molar-refractivity contribution in [2.75, 3.05) is 13.1 Å². The van der Waals surface area contributed by atoms with Crippen LogP contribution in [0, 0.1) is 6.92 Å². The van der Waals surface area contributed by atoms with Crippen molar-refractivity contribution >= 4 is 18.3 Å². The van der Waals surface area contributed by atoms with Crippen molar-refractivity contribution in [1.29, 1.82) is 0 Å². The highest BCUT2D eigenvalue weighted by atomic mass is 35.5. The van der Waals surface area contributed by atoms with Gasteiger partial charge in [0.1, 0.15) is 0 Å². The molecule has 1 aliphatic heterocycles. The number of carbonyl (C=O) groups is 1. The highest BCUT2D eigenvalue weighted by Gasteiger charge is 2.28. The second kappa shape index (κ2) is 7.58. The fourth-order valence-corrected chi connectivity index (χ4v) is 3.84. The number of nitrogens with zero attached hydrogens (tertiary/aromatic N) is 2. The third-order valence-corrected chi connectivity index (χ3v) is 5.16. The molecule has 0 spiro atoms. The molecule has 0 radical (unpaired) electrons. The summed E-state index contributed by atoms with van der Waals surface area (Å²) in [6.45, 7) is 4.04. The van der Waals surface area contributed by atoms with Crippen molar-refractivity contribution in [3.8, 4) is 5.69 Å². The monoisotopic (exact) mass is 360 g/mol. The van der Waals surface area contributed by atoms with Gasteiger partial charge in [-0.2, -0.15) is 5.10 Å². The molecule has 0 unspecified atom stereocenters. The van der Waals surface area contributed by atoms with E-state index in [0.29, 0.717) is 5.69 Å². The first-order valence-corrected chi connectivity index (χ1v) is 8.92. The molecule has 1 aromatic carbocycles. The topological polar surface area (TPSA) is 59.0 Å². The molecule has 2 aromatic rings. The van der Waals surface area contributed by atoms with Crippen LogP contribution in [0.3, 0.4) is 0 Å². The molecular weight excluding hydrogens is 336 g/mol. The van der Waals surface area contributed by atoms with Crippen LogP contribution in [0.2, 0.25) is 0 Å². The molecule has 25 heavy (non-hydrogen) atoms. The third-order valence-electron chi connectivity index (χ3n) is 5.16. The maximum Gasteiger partial charge on any atom is 0.272 e. The number of aryl methyl sites for hydroxylation is 1. The van der Waals surface area contributed by atoms with Gasteiger partial charge in [-0.1, -0.05) is 18.2 Å². The van der Waals surface area contributed by atoms with Gasteiger partial charge in [-0.05, 0) is 63.7 Å². The average molecular weight is 361 g/mol. The number of para-hydroxylation sites is 1. The molecule has 1 aromatic heterocycles. The van der Waals surface area contributed by atoms with E-state index in [1.54, 1.807) is 0 Å². The van der Waals surface area contributed by atoms with Gasteiger partial charge in [0.25, 0.3) is 5.91 Å². The fraction of sp³-hybridized carbons (Fsp3) is 0.474. The molecule has 1 saturated heterocycles. The van der Waals surface area contributed by atoms with Crippen molar-refractivity contribution in [1.82, 2.24) is 20.4 Å². The van der Waals surface area contributed by atoms with Gasteiger partial charge in [-0.3, -0.25) is 4.79 Å². The Morgan fingerprint density at radius 2 is 2.00 bits per heavy atom. The Bertz CT molecular complexity index is 765. The molecule has 0 bridgehead atoms. The molecule has 6 heteroatoms. The zero-order chi connectivity index (χ0) is 16.5. The maximum atomic E-state index is 12.8. The predicted octanol–water partition coefficient (Wildman–Crippen LogP) is 2.57. The van der Waals surface area contributed by atoms with E-state index in [9.17, 15) is 4.79 Å². The smallest absolute Gasteiger partial charge is 0.272 e. The minimum atomic E-state index is -0.00705. The minimum absolute atomic E-state index is 0. The normalized spacial score (nSPS) is 17.0. The van der Waals surface area contributed by atoms with Gasteiger partial charge in [0.2, 0.25) is 0 Å². The van der Waals surface area contributed by atoms with Crippen LogP contribution < -0.4 is 10.6 Å². The van der Waals surface area contributed by atoms with Crippen molar-refractivity contribution in [2.24, 2.45) is 0 Å². The Morgan fingerprint density at radius 1 is 1.24 bits per heavy atom. The Hall–Kier alpha value is -1.85. The SMILES string of the molecule is Cc1ccccc1-n1nc(C(=O)NC2CCNCC2)c2c1CCC2.Cl. The molecule has 4 rings (SSSR count). The summed E-state index contributed by atoms with van der Waals surface area (Å²) in [5.74, 6) is -0.00705. The number of halogens is 1. The highest BCUT2D eigenvalue weighted by molar-refractivity contribution is 5.94. The number of fused-ring (bicyclic) bond motifs is 1. The highest BCUT2D eigenvalue weighted by Crippen LogP contribution is 2.29. The van der Waals surface area contributed by atoms with E-state index in [1.165, 1.54) is 11.3 Å². The van der Waals surface area contributed by atoms with Crippen molar-refractivity contribution in [3.63, 3.8) is 0 Å². The van der Waals surface area contributed by atoms with E-state index in [2.05, 4.69) is 29.7 Å². The lowest BCUT2D eigenvalue weighted by Crippen LogP contribution is -2.43. The zero-order valence-corrected chi connectivity index (χ0v) is 15.4. The first-order valence-electron chi connectivity index (χ1n) is 8.92. The summed E-state index contributed by atoms with van der Waals surface area (Å²) in [7, 11) is 0. The van der Waals surface area contributed by atoms with Gasteiger partial charge < -0.3 is 10.6 Å². The Balaban J connectivity index is 0.00000182. The van der Waals surface area contributed by atoms with Crippen LogP contribution in [-0.2, 0) is 12.8 Å². The summed E-state index contributed by atoms with van der Waals surface area (Å²) < 4.78 is 2.00. The summed E-state index contributed by atoms with van der Waals surface area (Å²) in [5.41, 5.74) is 5.24. The lowest BCUT2D eigenvalue weighted by Gasteiger charge is -2.23.